The third-order valence-corrected chi connectivity index (χ3v) is 5.14. The van der Waals surface area contributed by atoms with Crippen molar-refractivity contribution in [3.8, 4) is 11.5 Å². The Hall–Kier alpha value is -3.38. The molecule has 0 saturated heterocycles. The summed E-state index contributed by atoms with van der Waals surface area (Å²) in [5.41, 5.74) is 3.26. The highest BCUT2D eigenvalue weighted by atomic mass is 19.1. The second-order valence-electron chi connectivity index (χ2n) is 7.37. The molecule has 1 aliphatic heterocycles. The Bertz CT molecular complexity index is 1070. The van der Waals surface area contributed by atoms with Crippen molar-refractivity contribution >= 4 is 5.91 Å². The molecule has 0 fully saturated rings. The number of fused-ring (bicyclic) bond motifs is 1. The van der Waals surface area contributed by atoms with E-state index in [2.05, 4.69) is 0 Å². The molecule has 3 aromatic carbocycles. The molecule has 0 aromatic heterocycles. The molecule has 1 heterocycles. The Morgan fingerprint density at radius 2 is 1.84 bits per heavy atom. The van der Waals surface area contributed by atoms with Gasteiger partial charge < -0.3 is 19.1 Å². The van der Waals surface area contributed by atoms with Crippen molar-refractivity contribution in [3.05, 3.63) is 94.8 Å². The molecule has 4 rings (SSSR count). The predicted octanol–water partition coefficient (Wildman–Crippen LogP) is 4.59. The number of halogens is 1. The van der Waals surface area contributed by atoms with Crippen LogP contribution >= 0.6 is 0 Å². The van der Waals surface area contributed by atoms with Gasteiger partial charge in [0.15, 0.2) is 0 Å². The van der Waals surface area contributed by atoms with Crippen molar-refractivity contribution in [1.82, 2.24) is 4.90 Å². The van der Waals surface area contributed by atoms with E-state index >= 15 is 0 Å². The van der Waals surface area contributed by atoms with E-state index < -0.39 is 0 Å². The zero-order valence-electron chi connectivity index (χ0n) is 17.3. The fraction of sp³-hybridized carbons (Fsp3) is 0.240. The fourth-order valence-electron chi connectivity index (χ4n) is 3.56. The molecular weight excluding hydrogens is 397 g/mol. The molecule has 5 nitrogen and oxygen atoms in total. The van der Waals surface area contributed by atoms with Crippen molar-refractivity contribution in [3.63, 3.8) is 0 Å². The van der Waals surface area contributed by atoms with Crippen LogP contribution in [0.4, 0.5) is 4.39 Å². The van der Waals surface area contributed by atoms with E-state index in [4.69, 9.17) is 14.2 Å². The lowest BCUT2D eigenvalue weighted by Crippen LogP contribution is -2.32. The number of nitrogens with zero attached hydrogens (tertiary/aromatic N) is 1. The van der Waals surface area contributed by atoms with Gasteiger partial charge in [-0.15, -0.1) is 0 Å². The summed E-state index contributed by atoms with van der Waals surface area (Å²) in [4.78, 5) is 14.8. The van der Waals surface area contributed by atoms with Crippen LogP contribution in [0, 0.1) is 5.82 Å². The normalized spacial score (nSPS) is 13.2. The summed E-state index contributed by atoms with van der Waals surface area (Å²) in [6, 6.07) is 19.4. The second kappa shape index (κ2) is 9.62. The zero-order chi connectivity index (χ0) is 21.6. The first kappa shape index (κ1) is 20.9. The summed E-state index contributed by atoms with van der Waals surface area (Å²) in [5, 5.41) is 0. The summed E-state index contributed by atoms with van der Waals surface area (Å²) < 4.78 is 30.1. The molecular formula is C25H24FNO4. The summed E-state index contributed by atoms with van der Waals surface area (Å²) >= 11 is 0. The summed E-state index contributed by atoms with van der Waals surface area (Å²) in [6.45, 7) is 2.08. The van der Waals surface area contributed by atoms with Crippen molar-refractivity contribution in [2.45, 2.75) is 19.8 Å². The highest BCUT2D eigenvalue weighted by Crippen LogP contribution is 2.26. The molecule has 0 saturated carbocycles. The van der Waals surface area contributed by atoms with E-state index in [1.165, 1.54) is 12.1 Å². The van der Waals surface area contributed by atoms with Crippen LogP contribution in [0.5, 0.6) is 11.5 Å². The van der Waals surface area contributed by atoms with E-state index in [0.29, 0.717) is 44.2 Å². The van der Waals surface area contributed by atoms with Gasteiger partial charge >= 0.3 is 0 Å². The molecule has 3 aromatic rings. The number of methoxy groups -OCH3 is 1. The maximum atomic E-state index is 13.3. The molecule has 0 N–H and O–H groups in total. The van der Waals surface area contributed by atoms with E-state index in [1.807, 2.05) is 36.4 Å². The number of carbonyl (C=O) groups is 1. The molecule has 1 amide bonds. The van der Waals surface area contributed by atoms with Crippen LogP contribution in [0.25, 0.3) is 0 Å². The van der Waals surface area contributed by atoms with E-state index in [0.717, 1.165) is 22.4 Å². The zero-order valence-corrected chi connectivity index (χ0v) is 17.3. The predicted molar refractivity (Wildman–Crippen MR) is 115 cm³/mol. The van der Waals surface area contributed by atoms with Gasteiger partial charge in [0.2, 0.25) is 0 Å². The Morgan fingerprint density at radius 1 is 1.03 bits per heavy atom. The monoisotopic (exact) mass is 421 g/mol. The minimum atomic E-state index is -0.274. The lowest BCUT2D eigenvalue weighted by atomic mass is 10.1. The Balaban J connectivity index is 1.44. The molecule has 0 bridgehead atoms. The smallest absolute Gasteiger partial charge is 0.254 e. The number of rotatable bonds is 6. The number of carbonyl (C=O) groups excluding carboxylic acids is 1. The number of amides is 1. The van der Waals surface area contributed by atoms with Gasteiger partial charge in [-0.05, 0) is 53.6 Å². The van der Waals surface area contributed by atoms with E-state index in [9.17, 15) is 9.18 Å². The van der Waals surface area contributed by atoms with Crippen LogP contribution in [0.2, 0.25) is 0 Å². The quantitative estimate of drug-likeness (QED) is 0.584. The Morgan fingerprint density at radius 3 is 2.65 bits per heavy atom. The van der Waals surface area contributed by atoms with Crippen LogP contribution in [-0.2, 0) is 24.5 Å². The fourth-order valence-corrected chi connectivity index (χ4v) is 3.56. The van der Waals surface area contributed by atoms with Crippen molar-refractivity contribution < 1.29 is 23.4 Å². The molecule has 0 aliphatic carbocycles. The first-order chi connectivity index (χ1) is 15.1. The first-order valence-electron chi connectivity index (χ1n) is 10.1. The summed E-state index contributed by atoms with van der Waals surface area (Å²) in [5.74, 6) is 1.08. The number of benzene rings is 3. The van der Waals surface area contributed by atoms with Crippen LogP contribution in [0.1, 0.15) is 27.0 Å². The topological polar surface area (TPSA) is 48.0 Å². The highest BCUT2D eigenvalue weighted by Gasteiger charge is 2.21. The van der Waals surface area contributed by atoms with Crippen LogP contribution < -0.4 is 9.47 Å². The molecule has 31 heavy (non-hydrogen) atoms. The van der Waals surface area contributed by atoms with Crippen LogP contribution in [0.15, 0.2) is 66.7 Å². The minimum Gasteiger partial charge on any atom is -0.497 e. The van der Waals surface area contributed by atoms with Crippen molar-refractivity contribution in [2.75, 3.05) is 20.3 Å². The van der Waals surface area contributed by atoms with Crippen molar-refractivity contribution in [1.29, 1.82) is 0 Å². The molecule has 0 spiro atoms. The average molecular weight is 421 g/mol. The van der Waals surface area contributed by atoms with Crippen LogP contribution in [-0.4, -0.2) is 31.1 Å². The number of hydrogen-bond donors (Lipinski definition) is 0. The van der Waals surface area contributed by atoms with E-state index in [-0.39, 0.29) is 11.7 Å². The van der Waals surface area contributed by atoms with Gasteiger partial charge in [0.05, 0.1) is 26.9 Å². The highest BCUT2D eigenvalue weighted by molar-refractivity contribution is 5.94. The SMILES string of the molecule is COc1cccc(C(=O)N2CCOc3ccc(COCc4cccc(F)c4)cc3C2)c1. The van der Waals surface area contributed by atoms with Gasteiger partial charge in [-0.1, -0.05) is 24.3 Å². The summed E-state index contributed by atoms with van der Waals surface area (Å²) in [7, 11) is 1.58. The lowest BCUT2D eigenvalue weighted by molar-refractivity contribution is 0.0732. The third-order valence-electron chi connectivity index (χ3n) is 5.14. The van der Waals surface area contributed by atoms with E-state index in [1.54, 1.807) is 30.2 Å². The molecule has 1 aliphatic rings. The number of ether oxygens (including phenoxy) is 3. The maximum absolute atomic E-state index is 13.3. The van der Waals surface area contributed by atoms with Gasteiger partial charge in [0, 0.05) is 17.7 Å². The molecule has 6 heteroatoms. The molecule has 0 unspecified atom stereocenters. The molecule has 0 radical (unpaired) electrons. The summed E-state index contributed by atoms with van der Waals surface area (Å²) in [6.07, 6.45) is 0. The molecule has 0 atom stereocenters. The average Bonchev–Trinajstić information content (AvgIpc) is 3.01. The number of hydrogen-bond acceptors (Lipinski definition) is 4. The standard InChI is InChI=1S/C25H24FNO4/c1-29-23-7-3-5-20(14-23)25(28)27-10-11-31-24-9-8-19(12-21(24)15-27)17-30-16-18-4-2-6-22(26)13-18/h2-9,12-14H,10-11,15-17H2,1H3. The Kier molecular flexibility index (Phi) is 6.48. The minimum absolute atomic E-state index is 0.0666. The van der Waals surface area contributed by atoms with Gasteiger partial charge in [0.25, 0.3) is 5.91 Å². The van der Waals surface area contributed by atoms with Gasteiger partial charge in [-0.25, -0.2) is 4.39 Å². The maximum Gasteiger partial charge on any atom is 0.254 e. The van der Waals surface area contributed by atoms with Crippen LogP contribution in [0.3, 0.4) is 0 Å². The van der Waals surface area contributed by atoms with Crippen molar-refractivity contribution in [2.24, 2.45) is 0 Å². The van der Waals surface area contributed by atoms with Gasteiger partial charge in [-0.2, -0.15) is 0 Å². The second-order valence-corrected chi connectivity index (χ2v) is 7.37. The first-order valence-corrected chi connectivity index (χ1v) is 10.1. The van der Waals surface area contributed by atoms with Gasteiger partial charge in [-0.3, -0.25) is 4.79 Å². The lowest BCUT2D eigenvalue weighted by Gasteiger charge is -2.20. The van der Waals surface area contributed by atoms with Gasteiger partial charge in [0.1, 0.15) is 23.9 Å². The molecule has 160 valence electrons. The Labute approximate surface area is 181 Å². The third kappa shape index (κ3) is 5.22. The largest absolute Gasteiger partial charge is 0.497 e.